The number of piperidine rings is 1. The second kappa shape index (κ2) is 9.17. The number of carboxylic acids is 1. The van der Waals surface area contributed by atoms with Gasteiger partial charge in [-0.1, -0.05) is 13.8 Å². The number of aliphatic carboxylic acids is 1. The van der Waals surface area contributed by atoms with Crippen LogP contribution in [0.3, 0.4) is 0 Å². The molecule has 4 aliphatic carbocycles. The third kappa shape index (κ3) is 4.02. The van der Waals surface area contributed by atoms with Crippen molar-refractivity contribution in [3.05, 3.63) is 0 Å². The van der Waals surface area contributed by atoms with Crippen molar-refractivity contribution in [1.82, 2.24) is 4.90 Å². The average Bonchev–Trinajstić information content (AvgIpc) is 3.10. The molecule has 202 valence electrons. The quantitative estimate of drug-likeness (QED) is 0.549. The van der Waals surface area contributed by atoms with E-state index in [4.69, 9.17) is 15.2 Å². The van der Waals surface area contributed by atoms with Crippen LogP contribution in [-0.4, -0.2) is 58.9 Å². The number of amides is 1. The lowest BCUT2D eigenvalue weighted by Crippen LogP contribution is -2.66. The van der Waals surface area contributed by atoms with Crippen molar-refractivity contribution in [2.75, 3.05) is 13.1 Å². The lowest BCUT2D eigenvalue weighted by atomic mass is 9.42. The van der Waals surface area contributed by atoms with E-state index in [2.05, 4.69) is 13.8 Å². The van der Waals surface area contributed by atoms with Crippen molar-refractivity contribution < 1.29 is 29.0 Å². The highest BCUT2D eigenvalue weighted by atomic mass is 16.6. The van der Waals surface area contributed by atoms with Crippen molar-refractivity contribution in [1.29, 1.82) is 0 Å². The molecule has 0 radical (unpaired) electrons. The Hall–Kier alpha value is -1.83. The van der Waals surface area contributed by atoms with E-state index in [1.54, 1.807) is 4.90 Å². The molecule has 1 amide bonds. The predicted molar refractivity (Wildman–Crippen MR) is 133 cm³/mol. The van der Waals surface area contributed by atoms with Gasteiger partial charge in [0.2, 0.25) is 0 Å². The molecule has 0 aromatic heterocycles. The van der Waals surface area contributed by atoms with Crippen molar-refractivity contribution >= 4 is 18.0 Å². The van der Waals surface area contributed by atoms with E-state index >= 15 is 0 Å². The number of likely N-dealkylation sites (tertiary alicyclic amines) is 1. The Kier molecular flexibility index (Phi) is 6.58. The first kappa shape index (κ1) is 25.8. The zero-order valence-electron chi connectivity index (χ0n) is 22.2. The van der Waals surface area contributed by atoms with Crippen LogP contribution in [0.25, 0.3) is 0 Å². The number of carbonyl (C=O) groups excluding carboxylic acids is 2. The molecule has 0 aromatic carbocycles. The summed E-state index contributed by atoms with van der Waals surface area (Å²) in [5.74, 6) is 0.0381. The molecule has 8 nitrogen and oxygen atoms in total. The molecule has 36 heavy (non-hydrogen) atoms. The average molecular weight is 505 g/mol. The molecule has 5 rings (SSSR count). The summed E-state index contributed by atoms with van der Waals surface area (Å²) in [5.41, 5.74) is 6.64. The van der Waals surface area contributed by atoms with E-state index in [9.17, 15) is 19.5 Å². The molecule has 1 unspecified atom stereocenters. The highest BCUT2D eigenvalue weighted by Crippen LogP contribution is 2.68. The fourth-order valence-electron chi connectivity index (χ4n) is 9.44. The van der Waals surface area contributed by atoms with Gasteiger partial charge in [0.15, 0.2) is 0 Å². The van der Waals surface area contributed by atoms with Crippen molar-refractivity contribution in [2.24, 2.45) is 40.2 Å². The van der Waals surface area contributed by atoms with Crippen LogP contribution in [0, 0.1) is 34.5 Å². The molecular formula is C28H44N2O6. The molecular weight excluding hydrogens is 460 g/mol. The van der Waals surface area contributed by atoms with Gasteiger partial charge in [-0.25, -0.2) is 4.79 Å². The Morgan fingerprint density at radius 2 is 1.69 bits per heavy atom. The summed E-state index contributed by atoms with van der Waals surface area (Å²) in [6.07, 6.45) is 9.30. The molecule has 3 N–H and O–H groups in total. The number of hydrogen-bond acceptors (Lipinski definition) is 6. The number of rotatable bonds is 3. The maximum Gasteiger partial charge on any atom is 0.410 e. The number of esters is 1. The normalized spacial score (nSPS) is 46.2. The van der Waals surface area contributed by atoms with Gasteiger partial charge in [0.25, 0.3) is 0 Å². The summed E-state index contributed by atoms with van der Waals surface area (Å²) in [6.45, 7) is 7.03. The largest absolute Gasteiger partial charge is 0.481 e. The monoisotopic (exact) mass is 504 g/mol. The first-order valence-electron chi connectivity index (χ1n) is 14.1. The molecule has 9 atom stereocenters. The number of carboxylic acid groups (broad SMARTS) is 1. The SMILES string of the molecule is CC(=O)OC1CCCN(C(=O)O[C@H]2CC[C@@]3(C)[C@H](CC[C@@H]4[C@@H]3CC[C@]3(C)[C@@H](C(=O)O)CC[C@]43N)C2)C1. The summed E-state index contributed by atoms with van der Waals surface area (Å²) >= 11 is 0. The number of nitrogens with two attached hydrogens (primary N) is 1. The lowest BCUT2D eigenvalue weighted by molar-refractivity contribution is -0.158. The fourth-order valence-corrected chi connectivity index (χ4v) is 9.44. The van der Waals surface area contributed by atoms with Gasteiger partial charge in [0, 0.05) is 19.0 Å². The highest BCUT2D eigenvalue weighted by molar-refractivity contribution is 5.72. The van der Waals surface area contributed by atoms with E-state index < -0.39 is 11.5 Å². The number of ether oxygens (including phenoxy) is 2. The molecule has 0 aromatic rings. The summed E-state index contributed by atoms with van der Waals surface area (Å²) in [4.78, 5) is 38.0. The van der Waals surface area contributed by atoms with Crippen LogP contribution in [0.4, 0.5) is 4.79 Å². The number of nitrogens with zero attached hydrogens (tertiary/aromatic N) is 1. The number of fused-ring (bicyclic) bond motifs is 5. The molecule has 5 aliphatic rings. The van der Waals surface area contributed by atoms with Crippen molar-refractivity contribution in [3.8, 4) is 0 Å². The van der Waals surface area contributed by atoms with Crippen LogP contribution in [0.2, 0.25) is 0 Å². The highest BCUT2D eigenvalue weighted by Gasteiger charge is 2.67. The molecule has 5 fully saturated rings. The maximum atomic E-state index is 13.0. The molecule has 1 aliphatic heterocycles. The Morgan fingerprint density at radius 3 is 2.42 bits per heavy atom. The second-order valence-corrected chi connectivity index (χ2v) is 13.0. The van der Waals surface area contributed by atoms with Crippen LogP contribution in [0.15, 0.2) is 0 Å². The Balaban J connectivity index is 1.23. The molecule has 1 saturated heterocycles. The summed E-state index contributed by atoms with van der Waals surface area (Å²) in [7, 11) is 0. The maximum absolute atomic E-state index is 13.0. The van der Waals surface area contributed by atoms with E-state index in [1.807, 2.05) is 0 Å². The number of hydrogen-bond donors (Lipinski definition) is 2. The van der Waals surface area contributed by atoms with Crippen LogP contribution >= 0.6 is 0 Å². The first-order valence-corrected chi connectivity index (χ1v) is 14.1. The molecule has 4 saturated carbocycles. The molecule has 1 heterocycles. The third-order valence-electron chi connectivity index (χ3n) is 11.5. The minimum Gasteiger partial charge on any atom is -0.481 e. The van der Waals surface area contributed by atoms with E-state index in [-0.39, 0.29) is 41.0 Å². The van der Waals surface area contributed by atoms with Crippen molar-refractivity contribution in [3.63, 3.8) is 0 Å². The van der Waals surface area contributed by atoms with E-state index in [0.717, 1.165) is 64.2 Å². The predicted octanol–water partition coefficient (Wildman–Crippen LogP) is 4.34. The summed E-state index contributed by atoms with van der Waals surface area (Å²) in [6, 6.07) is 0. The van der Waals surface area contributed by atoms with Crippen LogP contribution in [0.5, 0.6) is 0 Å². The first-order chi connectivity index (χ1) is 17.0. The Labute approximate surface area is 214 Å². The van der Waals surface area contributed by atoms with Gasteiger partial charge in [0.1, 0.15) is 12.2 Å². The van der Waals surface area contributed by atoms with Crippen LogP contribution in [-0.2, 0) is 19.1 Å². The minimum atomic E-state index is -0.682. The Morgan fingerprint density at radius 1 is 0.917 bits per heavy atom. The minimum absolute atomic E-state index is 0.0789. The Bertz CT molecular complexity index is 910. The topological polar surface area (TPSA) is 119 Å². The van der Waals surface area contributed by atoms with Gasteiger partial charge in [-0.3, -0.25) is 9.59 Å². The van der Waals surface area contributed by atoms with E-state index in [1.165, 1.54) is 6.92 Å². The zero-order valence-corrected chi connectivity index (χ0v) is 22.2. The molecule has 8 heteroatoms. The van der Waals surface area contributed by atoms with Crippen LogP contribution < -0.4 is 5.73 Å². The smallest absolute Gasteiger partial charge is 0.410 e. The second-order valence-electron chi connectivity index (χ2n) is 13.0. The van der Waals surface area contributed by atoms with Gasteiger partial charge in [-0.2, -0.15) is 0 Å². The summed E-state index contributed by atoms with van der Waals surface area (Å²) < 4.78 is 11.3. The van der Waals surface area contributed by atoms with Crippen molar-refractivity contribution in [2.45, 2.75) is 109 Å². The van der Waals surface area contributed by atoms with Gasteiger partial charge in [0.05, 0.1) is 12.5 Å². The van der Waals surface area contributed by atoms with Gasteiger partial charge in [-0.15, -0.1) is 0 Å². The lowest BCUT2D eigenvalue weighted by Gasteiger charge is -2.64. The fraction of sp³-hybridized carbons (Fsp3) is 0.893. The summed E-state index contributed by atoms with van der Waals surface area (Å²) in [5, 5.41) is 9.89. The van der Waals surface area contributed by atoms with Gasteiger partial charge in [-0.05, 0) is 99.2 Å². The molecule has 0 spiro atoms. The third-order valence-corrected chi connectivity index (χ3v) is 11.5. The molecule has 0 bridgehead atoms. The zero-order chi connectivity index (χ0) is 25.9. The van der Waals surface area contributed by atoms with E-state index in [0.29, 0.717) is 37.3 Å². The van der Waals surface area contributed by atoms with Gasteiger partial charge < -0.3 is 25.2 Å². The number of carbonyl (C=O) groups is 3. The standard InChI is InChI=1S/C28H44N2O6/c1-17(31)35-20-5-4-14-30(16-20)25(34)36-19-8-11-26(2)18(15-19)6-7-22-21(26)9-12-27(3)23(24(32)33)10-13-28(22,27)29/h18-23H,4-16,29H2,1-3H3,(H,32,33)/t18-,19+,20?,21+,22-,23-,26+,27-,28+/m1/s1. The van der Waals surface area contributed by atoms with Gasteiger partial charge >= 0.3 is 18.0 Å². The van der Waals surface area contributed by atoms with Crippen LogP contribution in [0.1, 0.15) is 91.4 Å².